The molecule has 3 heteroatoms. The summed E-state index contributed by atoms with van der Waals surface area (Å²) in [5, 5.41) is 3.47. The van der Waals surface area contributed by atoms with Crippen molar-refractivity contribution in [2.45, 2.75) is 45.6 Å². The molecule has 0 radical (unpaired) electrons. The zero-order valence-corrected chi connectivity index (χ0v) is 12.8. The normalized spacial score (nSPS) is 22.0. The van der Waals surface area contributed by atoms with Crippen LogP contribution in [0.15, 0.2) is 36.7 Å². The lowest BCUT2D eigenvalue weighted by atomic mass is 9.87. The van der Waals surface area contributed by atoms with Gasteiger partial charge in [0.05, 0.1) is 0 Å². The summed E-state index contributed by atoms with van der Waals surface area (Å²) in [5.74, 6) is 1.62. The molecule has 21 heavy (non-hydrogen) atoms. The van der Waals surface area contributed by atoms with Crippen LogP contribution >= 0.6 is 0 Å². The molecule has 1 aliphatic rings. The van der Waals surface area contributed by atoms with Gasteiger partial charge in [-0.1, -0.05) is 36.8 Å². The monoisotopic (exact) mass is 281 g/mol. The van der Waals surface area contributed by atoms with E-state index in [2.05, 4.69) is 53.4 Å². The van der Waals surface area contributed by atoms with Gasteiger partial charge in [0.25, 0.3) is 0 Å². The van der Waals surface area contributed by atoms with Gasteiger partial charge >= 0.3 is 0 Å². The molecular formula is C18H23N3. The van der Waals surface area contributed by atoms with Crippen molar-refractivity contribution in [2.24, 2.45) is 5.92 Å². The Morgan fingerprint density at radius 1 is 0.905 bits per heavy atom. The summed E-state index contributed by atoms with van der Waals surface area (Å²) in [6.45, 7) is 4.43. The first-order valence-corrected chi connectivity index (χ1v) is 7.86. The Kier molecular flexibility index (Phi) is 4.18. The molecule has 3 rings (SSSR count). The first-order valence-electron chi connectivity index (χ1n) is 7.86. The van der Waals surface area contributed by atoms with E-state index in [4.69, 9.17) is 0 Å². The number of aromatic nitrogens is 2. The fourth-order valence-electron chi connectivity index (χ4n) is 2.88. The number of nitrogens with zero attached hydrogens (tertiary/aromatic N) is 2. The summed E-state index contributed by atoms with van der Waals surface area (Å²) in [4.78, 5) is 8.94. The molecule has 0 aliphatic heterocycles. The molecule has 0 unspecified atom stereocenters. The Hall–Kier alpha value is -1.90. The number of aryl methyl sites for hydroxylation is 1. The van der Waals surface area contributed by atoms with E-state index in [-0.39, 0.29) is 0 Å². The Balaban J connectivity index is 1.65. The number of hydrogen-bond acceptors (Lipinski definition) is 3. The number of anilines is 1. The van der Waals surface area contributed by atoms with Gasteiger partial charge in [-0.15, -0.1) is 0 Å². The summed E-state index contributed by atoms with van der Waals surface area (Å²) in [6, 6.07) is 8.99. The van der Waals surface area contributed by atoms with Crippen molar-refractivity contribution < 1.29 is 0 Å². The van der Waals surface area contributed by atoms with E-state index in [9.17, 15) is 0 Å². The highest BCUT2D eigenvalue weighted by atomic mass is 15.1. The van der Waals surface area contributed by atoms with Crippen LogP contribution in [0.5, 0.6) is 0 Å². The van der Waals surface area contributed by atoms with Crippen LogP contribution in [0.3, 0.4) is 0 Å². The SMILES string of the molecule is Cc1ccc(-c2cnc(N[C@H]3CC[C@H](C)CC3)nc2)cc1. The molecule has 0 atom stereocenters. The van der Waals surface area contributed by atoms with Crippen LogP contribution in [-0.4, -0.2) is 16.0 Å². The minimum Gasteiger partial charge on any atom is -0.351 e. The Morgan fingerprint density at radius 3 is 2.14 bits per heavy atom. The first kappa shape index (κ1) is 14.1. The lowest BCUT2D eigenvalue weighted by Crippen LogP contribution is -2.26. The van der Waals surface area contributed by atoms with Gasteiger partial charge in [0.1, 0.15) is 0 Å². The van der Waals surface area contributed by atoms with E-state index in [1.54, 1.807) is 0 Å². The fraction of sp³-hybridized carbons (Fsp3) is 0.444. The first-order chi connectivity index (χ1) is 10.2. The van der Waals surface area contributed by atoms with E-state index in [1.807, 2.05) is 12.4 Å². The van der Waals surface area contributed by atoms with Crippen LogP contribution in [-0.2, 0) is 0 Å². The summed E-state index contributed by atoms with van der Waals surface area (Å²) < 4.78 is 0. The Labute approximate surface area is 126 Å². The van der Waals surface area contributed by atoms with Gasteiger partial charge < -0.3 is 5.32 Å². The minimum absolute atomic E-state index is 0.534. The Morgan fingerprint density at radius 2 is 1.52 bits per heavy atom. The van der Waals surface area contributed by atoms with E-state index < -0.39 is 0 Å². The summed E-state index contributed by atoms with van der Waals surface area (Å²) >= 11 is 0. The van der Waals surface area contributed by atoms with Crippen LogP contribution < -0.4 is 5.32 Å². The highest BCUT2D eigenvalue weighted by molar-refractivity contribution is 5.62. The van der Waals surface area contributed by atoms with Crippen LogP contribution in [0.1, 0.15) is 38.2 Å². The maximum Gasteiger partial charge on any atom is 0.222 e. The van der Waals surface area contributed by atoms with Crippen molar-refractivity contribution in [3.8, 4) is 11.1 Å². The Bertz CT molecular complexity index is 566. The zero-order chi connectivity index (χ0) is 14.7. The molecule has 110 valence electrons. The van der Waals surface area contributed by atoms with Crippen molar-refractivity contribution in [1.82, 2.24) is 9.97 Å². The number of hydrogen-bond donors (Lipinski definition) is 1. The fourth-order valence-corrected chi connectivity index (χ4v) is 2.88. The largest absolute Gasteiger partial charge is 0.351 e. The van der Waals surface area contributed by atoms with Crippen LogP contribution in [0.25, 0.3) is 11.1 Å². The van der Waals surface area contributed by atoms with E-state index in [0.717, 1.165) is 17.4 Å². The molecular weight excluding hydrogens is 258 g/mol. The van der Waals surface area contributed by atoms with Crippen molar-refractivity contribution in [2.75, 3.05) is 5.32 Å². The van der Waals surface area contributed by atoms with Crippen LogP contribution in [0.2, 0.25) is 0 Å². The molecule has 3 nitrogen and oxygen atoms in total. The van der Waals surface area contributed by atoms with E-state index in [0.29, 0.717) is 6.04 Å². The van der Waals surface area contributed by atoms with Crippen molar-refractivity contribution in [3.05, 3.63) is 42.2 Å². The van der Waals surface area contributed by atoms with Crippen molar-refractivity contribution in [3.63, 3.8) is 0 Å². The van der Waals surface area contributed by atoms with Crippen LogP contribution in [0, 0.1) is 12.8 Å². The van der Waals surface area contributed by atoms with Crippen molar-refractivity contribution >= 4 is 5.95 Å². The second-order valence-corrected chi connectivity index (χ2v) is 6.26. The average Bonchev–Trinajstić information content (AvgIpc) is 2.51. The van der Waals surface area contributed by atoms with E-state index in [1.165, 1.54) is 36.8 Å². The summed E-state index contributed by atoms with van der Waals surface area (Å²) in [5.41, 5.74) is 3.50. The third-order valence-corrected chi connectivity index (χ3v) is 4.39. The predicted molar refractivity (Wildman–Crippen MR) is 87.2 cm³/mol. The molecule has 0 bridgehead atoms. The van der Waals surface area contributed by atoms with Gasteiger partial charge in [-0.05, 0) is 44.1 Å². The lowest BCUT2D eigenvalue weighted by molar-refractivity contribution is 0.360. The second-order valence-electron chi connectivity index (χ2n) is 6.26. The number of nitrogens with one attached hydrogen (secondary N) is 1. The maximum absolute atomic E-state index is 4.47. The third-order valence-electron chi connectivity index (χ3n) is 4.39. The molecule has 2 aromatic rings. The number of rotatable bonds is 3. The standard InChI is InChI=1S/C18H23N3/c1-13-3-7-15(8-4-13)16-11-19-18(20-12-16)21-17-9-5-14(2)6-10-17/h3-4,7-8,11-12,14,17H,5-6,9-10H2,1-2H3,(H,19,20,21)/t14-,17-. The van der Waals surface area contributed by atoms with Gasteiger partial charge in [-0.3, -0.25) is 0 Å². The molecule has 1 N–H and O–H groups in total. The molecule has 1 aromatic heterocycles. The third kappa shape index (κ3) is 3.60. The molecule has 0 amide bonds. The number of benzene rings is 1. The molecule has 0 saturated heterocycles. The predicted octanol–water partition coefficient (Wildman–Crippen LogP) is 4.44. The molecule has 0 spiro atoms. The summed E-state index contributed by atoms with van der Waals surface area (Å²) in [6.07, 6.45) is 8.88. The molecule has 1 aliphatic carbocycles. The molecule has 1 heterocycles. The zero-order valence-electron chi connectivity index (χ0n) is 12.8. The smallest absolute Gasteiger partial charge is 0.222 e. The topological polar surface area (TPSA) is 37.8 Å². The quantitative estimate of drug-likeness (QED) is 0.903. The van der Waals surface area contributed by atoms with Gasteiger partial charge in [0, 0.05) is 24.0 Å². The van der Waals surface area contributed by atoms with Gasteiger partial charge in [0.2, 0.25) is 5.95 Å². The van der Waals surface area contributed by atoms with E-state index >= 15 is 0 Å². The highest BCUT2D eigenvalue weighted by Crippen LogP contribution is 2.25. The van der Waals surface area contributed by atoms with Crippen LogP contribution in [0.4, 0.5) is 5.95 Å². The second kappa shape index (κ2) is 6.25. The molecule has 1 aromatic carbocycles. The minimum atomic E-state index is 0.534. The summed E-state index contributed by atoms with van der Waals surface area (Å²) in [7, 11) is 0. The van der Waals surface area contributed by atoms with Gasteiger partial charge in [0.15, 0.2) is 0 Å². The highest BCUT2D eigenvalue weighted by Gasteiger charge is 2.18. The van der Waals surface area contributed by atoms with Crippen molar-refractivity contribution in [1.29, 1.82) is 0 Å². The lowest BCUT2D eigenvalue weighted by Gasteiger charge is -2.26. The maximum atomic E-state index is 4.47. The molecule has 1 fully saturated rings. The van der Waals surface area contributed by atoms with Gasteiger partial charge in [-0.2, -0.15) is 0 Å². The average molecular weight is 281 g/mol. The molecule has 1 saturated carbocycles. The van der Waals surface area contributed by atoms with Gasteiger partial charge in [-0.25, -0.2) is 9.97 Å².